The van der Waals surface area contributed by atoms with Crippen molar-refractivity contribution in [3.8, 4) is 5.88 Å². The molecule has 0 atom stereocenters. The zero-order valence-corrected chi connectivity index (χ0v) is 27.0. The quantitative estimate of drug-likeness (QED) is 0.148. The Hall–Kier alpha value is -4.80. The van der Waals surface area contributed by atoms with Gasteiger partial charge in [-0.1, -0.05) is 30.7 Å². The highest BCUT2D eigenvalue weighted by molar-refractivity contribution is 6.30. The van der Waals surface area contributed by atoms with E-state index in [1.165, 1.54) is 6.07 Å². The lowest BCUT2D eigenvalue weighted by Crippen LogP contribution is -2.33. The van der Waals surface area contributed by atoms with Crippen LogP contribution in [-0.2, 0) is 19.6 Å². The van der Waals surface area contributed by atoms with Gasteiger partial charge in [-0.25, -0.2) is 14.4 Å². The fraction of sp³-hybridized carbons (Fsp3) is 0.278. The van der Waals surface area contributed by atoms with Gasteiger partial charge >= 0.3 is 0 Å². The normalized spacial score (nSPS) is 14.2. The molecule has 7 rings (SSSR count). The number of aromatic nitrogens is 5. The Kier molecular flexibility index (Phi) is 8.62. The third-order valence-corrected chi connectivity index (χ3v) is 9.11. The van der Waals surface area contributed by atoms with Crippen LogP contribution in [-0.4, -0.2) is 49.0 Å². The molecule has 3 aromatic carbocycles. The smallest absolute Gasteiger partial charge is 0.255 e. The molecular weight excluding hydrogens is 617 g/mol. The monoisotopic (exact) mass is 651 g/mol. The maximum atomic E-state index is 14.1. The molecule has 240 valence electrons. The number of hydrogen-bond donors (Lipinski definition) is 3. The molecule has 6 aromatic rings. The van der Waals surface area contributed by atoms with Crippen LogP contribution in [0.1, 0.15) is 64.4 Å². The molecule has 1 saturated heterocycles. The van der Waals surface area contributed by atoms with Crippen molar-refractivity contribution < 1.29 is 13.9 Å². The number of rotatable bonds is 9. The lowest BCUT2D eigenvalue weighted by atomic mass is 9.93. The first-order valence-corrected chi connectivity index (χ1v) is 16.2. The second kappa shape index (κ2) is 13.1. The molecule has 3 aromatic heterocycles. The van der Waals surface area contributed by atoms with Crippen molar-refractivity contribution in [3.63, 3.8) is 0 Å². The number of likely N-dealkylation sites (tertiary alicyclic amines) is 1. The van der Waals surface area contributed by atoms with Gasteiger partial charge in [0, 0.05) is 50.6 Å². The summed E-state index contributed by atoms with van der Waals surface area (Å²) in [7, 11) is 0. The number of benzene rings is 3. The van der Waals surface area contributed by atoms with Crippen molar-refractivity contribution in [2.75, 3.05) is 18.4 Å². The van der Waals surface area contributed by atoms with Gasteiger partial charge in [-0.3, -0.25) is 14.8 Å². The van der Waals surface area contributed by atoms with Gasteiger partial charge < -0.3 is 15.0 Å². The molecule has 0 aliphatic carbocycles. The van der Waals surface area contributed by atoms with Crippen molar-refractivity contribution in [1.29, 1.82) is 0 Å². The molecule has 47 heavy (non-hydrogen) atoms. The number of nitrogens with one attached hydrogen (secondary N) is 3. The molecular formula is C36H35ClFN7O2. The van der Waals surface area contributed by atoms with Gasteiger partial charge in [0.25, 0.3) is 5.91 Å². The van der Waals surface area contributed by atoms with Crippen LogP contribution < -0.4 is 10.1 Å². The van der Waals surface area contributed by atoms with Crippen LogP contribution in [0.4, 0.5) is 10.1 Å². The predicted molar refractivity (Wildman–Crippen MR) is 181 cm³/mol. The third-order valence-electron chi connectivity index (χ3n) is 8.88. The maximum Gasteiger partial charge on any atom is 0.255 e. The summed E-state index contributed by atoms with van der Waals surface area (Å²) in [6, 6.07) is 19.8. The molecule has 4 heterocycles. The van der Waals surface area contributed by atoms with Crippen LogP contribution >= 0.6 is 11.6 Å². The first kappa shape index (κ1) is 30.8. The van der Waals surface area contributed by atoms with E-state index in [0.29, 0.717) is 34.5 Å². The Bertz CT molecular complexity index is 2080. The molecule has 0 spiro atoms. The second-order valence-corrected chi connectivity index (χ2v) is 12.5. The number of aryl methyl sites for hydroxylation is 2. The fourth-order valence-electron chi connectivity index (χ4n) is 6.26. The van der Waals surface area contributed by atoms with Crippen LogP contribution in [0.5, 0.6) is 5.88 Å². The van der Waals surface area contributed by atoms with Gasteiger partial charge in [0.2, 0.25) is 5.88 Å². The number of carbonyl (C=O) groups excluding carboxylic acids is 1. The van der Waals surface area contributed by atoms with E-state index in [-0.39, 0.29) is 12.5 Å². The molecule has 0 bridgehead atoms. The summed E-state index contributed by atoms with van der Waals surface area (Å²) >= 11 is 5.86. The number of amides is 1. The van der Waals surface area contributed by atoms with Crippen molar-refractivity contribution >= 4 is 45.1 Å². The summed E-state index contributed by atoms with van der Waals surface area (Å²) in [4.78, 5) is 28.5. The van der Waals surface area contributed by atoms with E-state index in [9.17, 15) is 9.18 Å². The average molecular weight is 652 g/mol. The first-order valence-electron chi connectivity index (χ1n) is 15.9. The topological polar surface area (TPSA) is 112 Å². The van der Waals surface area contributed by atoms with Gasteiger partial charge in [0.1, 0.15) is 18.2 Å². The number of piperidine rings is 1. The Morgan fingerprint density at radius 2 is 1.91 bits per heavy atom. The predicted octanol–water partition coefficient (Wildman–Crippen LogP) is 7.71. The van der Waals surface area contributed by atoms with Crippen LogP contribution in [0.2, 0.25) is 5.02 Å². The van der Waals surface area contributed by atoms with Gasteiger partial charge in [-0.2, -0.15) is 5.10 Å². The molecule has 3 N–H and O–H groups in total. The minimum Gasteiger partial charge on any atom is -0.473 e. The summed E-state index contributed by atoms with van der Waals surface area (Å²) in [6.45, 7) is 6.64. The van der Waals surface area contributed by atoms with Crippen LogP contribution in [0, 0.1) is 12.7 Å². The fourth-order valence-corrected chi connectivity index (χ4v) is 6.42. The van der Waals surface area contributed by atoms with E-state index >= 15 is 0 Å². The molecule has 0 saturated carbocycles. The van der Waals surface area contributed by atoms with Crippen LogP contribution in [0.25, 0.3) is 21.9 Å². The second-order valence-electron chi connectivity index (χ2n) is 12.1. The molecule has 1 amide bonds. The number of ether oxygens (including phenoxy) is 1. The number of imidazole rings is 1. The van der Waals surface area contributed by atoms with Crippen molar-refractivity contribution in [2.45, 2.75) is 52.2 Å². The van der Waals surface area contributed by atoms with E-state index in [1.54, 1.807) is 18.2 Å². The van der Waals surface area contributed by atoms with Crippen molar-refractivity contribution in [3.05, 3.63) is 111 Å². The van der Waals surface area contributed by atoms with E-state index < -0.39 is 5.82 Å². The number of pyridine rings is 1. The summed E-state index contributed by atoms with van der Waals surface area (Å²) < 4.78 is 20.0. The summed E-state index contributed by atoms with van der Waals surface area (Å²) in [5.41, 5.74) is 7.39. The lowest BCUT2D eigenvalue weighted by molar-refractivity contribution is 0.102. The van der Waals surface area contributed by atoms with Crippen LogP contribution in [0.3, 0.4) is 0 Å². The number of anilines is 1. The zero-order chi connectivity index (χ0) is 32.5. The van der Waals surface area contributed by atoms with Gasteiger partial charge in [0.15, 0.2) is 0 Å². The highest BCUT2D eigenvalue weighted by atomic mass is 35.5. The molecule has 11 heteroatoms. The average Bonchev–Trinajstić information content (AvgIpc) is 3.66. The number of aromatic amines is 2. The zero-order valence-electron chi connectivity index (χ0n) is 26.2. The van der Waals surface area contributed by atoms with Crippen LogP contribution in [0.15, 0.2) is 66.7 Å². The maximum absolute atomic E-state index is 14.1. The summed E-state index contributed by atoms with van der Waals surface area (Å²) in [6.07, 6.45) is 2.73. The Balaban J connectivity index is 0.955. The largest absolute Gasteiger partial charge is 0.473 e. The SMILES string of the molecule is CCc1cc(NC(=O)c2ccc3nc(CN4CCC(c5cccc(OCc6ccc(Cl)cc6F)n5)CC4)[nH]c3c2)cc2c(C)[nH]nc12. The molecule has 1 aliphatic rings. The number of hydrogen-bond acceptors (Lipinski definition) is 6. The standard InChI is InChI=1S/C36H35ClFN7O2/c1-3-22-15-27(18-28-21(2)43-44-35(22)28)39-36(46)24-8-10-31-32(16-24)41-33(40-31)19-45-13-11-23(12-14-45)30-5-4-6-34(42-30)47-20-25-7-9-26(37)17-29(25)38/h4-10,15-18,23H,3,11-14,19-20H2,1-2H3,(H,39,46)(H,40,41)(H,43,44). The minimum absolute atomic E-state index is 0.0867. The molecule has 9 nitrogen and oxygen atoms in total. The Morgan fingerprint density at radius 3 is 2.72 bits per heavy atom. The van der Waals surface area contributed by atoms with E-state index in [4.69, 9.17) is 26.3 Å². The number of carbonyl (C=O) groups is 1. The Labute approximate surface area is 276 Å². The number of halogens is 2. The van der Waals surface area contributed by atoms with E-state index in [0.717, 1.165) is 82.8 Å². The molecule has 0 unspecified atom stereocenters. The summed E-state index contributed by atoms with van der Waals surface area (Å²) in [5.74, 6) is 1.09. The molecule has 1 aliphatic heterocycles. The van der Waals surface area contributed by atoms with Crippen molar-refractivity contribution in [1.82, 2.24) is 30.0 Å². The molecule has 1 fully saturated rings. The highest BCUT2D eigenvalue weighted by Gasteiger charge is 2.23. The van der Waals surface area contributed by atoms with E-state index in [1.807, 2.05) is 49.4 Å². The number of fused-ring (bicyclic) bond motifs is 2. The third kappa shape index (κ3) is 6.70. The van der Waals surface area contributed by atoms with Gasteiger partial charge in [-0.15, -0.1) is 0 Å². The number of nitrogens with zero attached hydrogens (tertiary/aromatic N) is 4. The van der Waals surface area contributed by atoms with Gasteiger partial charge in [-0.05, 0) is 93.4 Å². The summed E-state index contributed by atoms with van der Waals surface area (Å²) in [5, 5.41) is 11.9. The van der Waals surface area contributed by atoms with Gasteiger partial charge in [0.05, 0.1) is 23.1 Å². The highest BCUT2D eigenvalue weighted by Crippen LogP contribution is 2.30. The minimum atomic E-state index is -0.392. The number of H-pyrrole nitrogens is 2. The lowest BCUT2D eigenvalue weighted by Gasteiger charge is -2.31. The van der Waals surface area contributed by atoms with E-state index in [2.05, 4.69) is 32.3 Å². The first-order chi connectivity index (χ1) is 22.8. The van der Waals surface area contributed by atoms with Crippen molar-refractivity contribution in [2.24, 2.45) is 0 Å². The molecule has 0 radical (unpaired) electrons. The Morgan fingerprint density at radius 1 is 1.06 bits per heavy atom.